The fourth-order valence-electron chi connectivity index (χ4n) is 1.45. The van der Waals surface area contributed by atoms with Gasteiger partial charge in [0.25, 0.3) is 0 Å². The van der Waals surface area contributed by atoms with Gasteiger partial charge in [-0.25, -0.2) is 0 Å². The Kier molecular flexibility index (Phi) is 9.14. The zero-order chi connectivity index (χ0) is 11.8. The summed E-state index contributed by atoms with van der Waals surface area (Å²) in [6.07, 6.45) is 1.42. The molecule has 1 aromatic rings. The SMILES string of the molecule is Cc1ccc(CNCCCOC(C)C)cc1.Cl. The molecule has 0 saturated heterocycles. The van der Waals surface area contributed by atoms with E-state index in [0.717, 1.165) is 26.1 Å². The van der Waals surface area contributed by atoms with Crippen LogP contribution in [0.5, 0.6) is 0 Å². The smallest absolute Gasteiger partial charge is 0.0518 e. The van der Waals surface area contributed by atoms with Crippen LogP contribution in [0.4, 0.5) is 0 Å². The molecule has 0 aliphatic carbocycles. The molecule has 1 N–H and O–H groups in total. The Morgan fingerprint density at radius 1 is 1.18 bits per heavy atom. The third-order valence-electron chi connectivity index (χ3n) is 2.40. The summed E-state index contributed by atoms with van der Waals surface area (Å²) in [7, 11) is 0. The van der Waals surface area contributed by atoms with E-state index >= 15 is 0 Å². The first-order valence-corrected chi connectivity index (χ1v) is 6.06. The molecule has 0 aliphatic heterocycles. The van der Waals surface area contributed by atoms with Gasteiger partial charge in [0, 0.05) is 13.2 Å². The van der Waals surface area contributed by atoms with Crippen LogP contribution >= 0.6 is 12.4 Å². The van der Waals surface area contributed by atoms with Gasteiger partial charge in [-0.2, -0.15) is 0 Å². The molecule has 2 nitrogen and oxygen atoms in total. The number of nitrogens with one attached hydrogen (secondary N) is 1. The first kappa shape index (κ1) is 16.4. The lowest BCUT2D eigenvalue weighted by Gasteiger charge is -2.08. The number of hydrogen-bond donors (Lipinski definition) is 1. The minimum Gasteiger partial charge on any atom is -0.379 e. The maximum absolute atomic E-state index is 5.47. The van der Waals surface area contributed by atoms with Crippen molar-refractivity contribution in [3.05, 3.63) is 35.4 Å². The summed E-state index contributed by atoms with van der Waals surface area (Å²) in [6.45, 7) is 9.06. The van der Waals surface area contributed by atoms with E-state index < -0.39 is 0 Å². The van der Waals surface area contributed by atoms with Crippen molar-refractivity contribution in [1.82, 2.24) is 5.32 Å². The number of rotatable bonds is 7. The lowest BCUT2D eigenvalue weighted by atomic mass is 10.1. The maximum Gasteiger partial charge on any atom is 0.0518 e. The normalized spacial score (nSPS) is 10.4. The summed E-state index contributed by atoms with van der Waals surface area (Å²) in [5.74, 6) is 0. The maximum atomic E-state index is 5.47. The van der Waals surface area contributed by atoms with E-state index in [1.54, 1.807) is 0 Å². The highest BCUT2D eigenvalue weighted by molar-refractivity contribution is 5.85. The van der Waals surface area contributed by atoms with Crippen LogP contribution in [0.15, 0.2) is 24.3 Å². The van der Waals surface area contributed by atoms with Crippen molar-refractivity contribution in [2.45, 2.75) is 39.8 Å². The number of aryl methyl sites for hydroxylation is 1. The molecule has 1 rings (SSSR count). The Hall–Kier alpha value is -0.570. The highest BCUT2D eigenvalue weighted by Crippen LogP contribution is 2.02. The van der Waals surface area contributed by atoms with Gasteiger partial charge in [-0.3, -0.25) is 0 Å². The molecule has 0 spiro atoms. The predicted octanol–water partition coefficient (Wildman–Crippen LogP) is 3.32. The van der Waals surface area contributed by atoms with Crippen LogP contribution in [-0.2, 0) is 11.3 Å². The second-order valence-corrected chi connectivity index (χ2v) is 4.44. The largest absolute Gasteiger partial charge is 0.379 e. The fraction of sp³-hybridized carbons (Fsp3) is 0.571. The molecule has 0 heterocycles. The summed E-state index contributed by atoms with van der Waals surface area (Å²) < 4.78 is 5.47. The molecular formula is C14H24ClNO. The molecule has 0 aliphatic rings. The first-order valence-electron chi connectivity index (χ1n) is 6.06. The minimum absolute atomic E-state index is 0. The highest BCUT2D eigenvalue weighted by atomic mass is 35.5. The lowest BCUT2D eigenvalue weighted by Crippen LogP contribution is -2.17. The van der Waals surface area contributed by atoms with Gasteiger partial charge in [0.15, 0.2) is 0 Å². The molecular weight excluding hydrogens is 234 g/mol. The second kappa shape index (κ2) is 9.46. The average molecular weight is 258 g/mol. The Morgan fingerprint density at radius 3 is 2.41 bits per heavy atom. The first-order chi connectivity index (χ1) is 7.68. The zero-order valence-corrected chi connectivity index (χ0v) is 11.8. The van der Waals surface area contributed by atoms with Gasteiger partial charge in [-0.1, -0.05) is 29.8 Å². The molecule has 0 saturated carbocycles. The number of hydrogen-bond acceptors (Lipinski definition) is 2. The fourth-order valence-corrected chi connectivity index (χ4v) is 1.45. The molecule has 0 fully saturated rings. The van der Waals surface area contributed by atoms with Gasteiger partial charge in [0.1, 0.15) is 0 Å². The monoisotopic (exact) mass is 257 g/mol. The highest BCUT2D eigenvalue weighted by Gasteiger charge is 1.94. The molecule has 1 aromatic carbocycles. The lowest BCUT2D eigenvalue weighted by molar-refractivity contribution is 0.0770. The second-order valence-electron chi connectivity index (χ2n) is 4.44. The van der Waals surface area contributed by atoms with Crippen molar-refractivity contribution < 1.29 is 4.74 Å². The van der Waals surface area contributed by atoms with Gasteiger partial charge in [-0.05, 0) is 39.3 Å². The van der Waals surface area contributed by atoms with Crippen molar-refractivity contribution in [1.29, 1.82) is 0 Å². The van der Waals surface area contributed by atoms with Crippen molar-refractivity contribution >= 4 is 12.4 Å². The van der Waals surface area contributed by atoms with Crippen LogP contribution in [-0.4, -0.2) is 19.3 Å². The van der Waals surface area contributed by atoms with E-state index in [9.17, 15) is 0 Å². The topological polar surface area (TPSA) is 21.3 Å². The van der Waals surface area contributed by atoms with Crippen LogP contribution in [0.25, 0.3) is 0 Å². The molecule has 3 heteroatoms. The molecule has 0 aromatic heterocycles. The predicted molar refractivity (Wildman–Crippen MR) is 75.8 cm³/mol. The van der Waals surface area contributed by atoms with Gasteiger partial charge in [0.05, 0.1) is 6.10 Å². The summed E-state index contributed by atoms with van der Waals surface area (Å²) in [6, 6.07) is 8.65. The van der Waals surface area contributed by atoms with Crippen LogP contribution in [0.2, 0.25) is 0 Å². The Morgan fingerprint density at radius 2 is 1.82 bits per heavy atom. The Labute approximate surface area is 111 Å². The van der Waals surface area contributed by atoms with Crippen LogP contribution in [0.3, 0.4) is 0 Å². The molecule has 17 heavy (non-hydrogen) atoms. The quantitative estimate of drug-likeness (QED) is 0.757. The number of benzene rings is 1. The zero-order valence-electron chi connectivity index (χ0n) is 11.0. The molecule has 0 radical (unpaired) electrons. The standard InChI is InChI=1S/C14H23NO.ClH/c1-12(2)16-10-4-9-15-11-14-7-5-13(3)6-8-14;/h5-8,12,15H,4,9-11H2,1-3H3;1H. The number of halogens is 1. The molecule has 0 unspecified atom stereocenters. The Balaban J connectivity index is 0.00000256. The van der Waals surface area contributed by atoms with Gasteiger partial charge >= 0.3 is 0 Å². The number of ether oxygens (including phenoxy) is 1. The van der Waals surface area contributed by atoms with Gasteiger partial charge < -0.3 is 10.1 Å². The van der Waals surface area contributed by atoms with E-state index in [4.69, 9.17) is 4.74 Å². The third-order valence-corrected chi connectivity index (χ3v) is 2.40. The van der Waals surface area contributed by atoms with Crippen molar-refractivity contribution in [3.8, 4) is 0 Å². The van der Waals surface area contributed by atoms with Gasteiger partial charge in [-0.15, -0.1) is 12.4 Å². The van der Waals surface area contributed by atoms with Crippen molar-refractivity contribution in [2.24, 2.45) is 0 Å². The van der Waals surface area contributed by atoms with E-state index in [1.165, 1.54) is 11.1 Å². The van der Waals surface area contributed by atoms with Crippen LogP contribution in [0, 0.1) is 6.92 Å². The summed E-state index contributed by atoms with van der Waals surface area (Å²) in [5.41, 5.74) is 2.66. The molecule has 98 valence electrons. The summed E-state index contributed by atoms with van der Waals surface area (Å²) in [4.78, 5) is 0. The van der Waals surface area contributed by atoms with Crippen molar-refractivity contribution in [2.75, 3.05) is 13.2 Å². The Bertz CT molecular complexity index is 285. The van der Waals surface area contributed by atoms with Crippen molar-refractivity contribution in [3.63, 3.8) is 0 Å². The van der Waals surface area contributed by atoms with Crippen LogP contribution in [0.1, 0.15) is 31.4 Å². The van der Waals surface area contributed by atoms with E-state index in [-0.39, 0.29) is 12.4 Å². The summed E-state index contributed by atoms with van der Waals surface area (Å²) in [5, 5.41) is 3.41. The average Bonchev–Trinajstić information content (AvgIpc) is 2.25. The molecule has 0 atom stereocenters. The van der Waals surface area contributed by atoms with Gasteiger partial charge in [0.2, 0.25) is 0 Å². The van der Waals surface area contributed by atoms with E-state index in [2.05, 4.69) is 50.4 Å². The van der Waals surface area contributed by atoms with Crippen LogP contribution < -0.4 is 5.32 Å². The minimum atomic E-state index is 0. The van der Waals surface area contributed by atoms with E-state index in [0.29, 0.717) is 6.10 Å². The molecule has 0 amide bonds. The third kappa shape index (κ3) is 8.19. The van der Waals surface area contributed by atoms with E-state index in [1.807, 2.05) is 0 Å². The molecule has 0 bridgehead atoms. The summed E-state index contributed by atoms with van der Waals surface area (Å²) >= 11 is 0.